The van der Waals surface area contributed by atoms with Gasteiger partial charge in [-0.2, -0.15) is 10.1 Å². The van der Waals surface area contributed by atoms with Gasteiger partial charge in [-0.1, -0.05) is 30.3 Å². The average molecular weight is 376 g/mol. The van der Waals surface area contributed by atoms with Crippen molar-refractivity contribution in [3.63, 3.8) is 0 Å². The minimum Gasteiger partial charge on any atom is -0.463 e. The normalized spacial score (nSPS) is 15.6. The second kappa shape index (κ2) is 7.56. The first kappa shape index (κ1) is 17.8. The van der Waals surface area contributed by atoms with Crippen molar-refractivity contribution in [2.45, 2.75) is 19.9 Å². The number of ether oxygens (including phenoxy) is 2. The Morgan fingerprint density at radius 3 is 2.71 bits per heavy atom. The van der Waals surface area contributed by atoms with Gasteiger partial charge in [0, 0.05) is 5.70 Å². The summed E-state index contributed by atoms with van der Waals surface area (Å²) >= 11 is 0. The molecule has 0 fully saturated rings. The first-order valence-electron chi connectivity index (χ1n) is 9.04. The molecule has 0 saturated heterocycles. The van der Waals surface area contributed by atoms with Crippen LogP contribution >= 0.6 is 0 Å². The zero-order valence-electron chi connectivity index (χ0n) is 15.6. The van der Waals surface area contributed by atoms with Gasteiger partial charge in [-0.25, -0.2) is 9.48 Å². The number of hydrogen-bond acceptors (Lipinski definition) is 6. The second-order valence-electron chi connectivity index (χ2n) is 6.30. The van der Waals surface area contributed by atoms with E-state index in [0.717, 1.165) is 11.3 Å². The molecule has 2 aromatic carbocycles. The fraction of sp³-hybridized carbons (Fsp3) is 0.190. The van der Waals surface area contributed by atoms with Gasteiger partial charge in [-0.05, 0) is 43.7 Å². The summed E-state index contributed by atoms with van der Waals surface area (Å²) in [5.41, 5.74) is 2.04. The fourth-order valence-corrected chi connectivity index (χ4v) is 3.25. The Bertz CT molecular complexity index is 1030. The van der Waals surface area contributed by atoms with Crippen molar-refractivity contribution in [2.75, 3.05) is 11.9 Å². The number of carbonyl (C=O) groups excluding carboxylic acids is 1. The molecular weight excluding hydrogens is 356 g/mol. The molecule has 0 saturated carbocycles. The molecule has 7 nitrogen and oxygen atoms in total. The number of hydrogen-bond donors (Lipinski definition) is 1. The van der Waals surface area contributed by atoms with E-state index < -0.39 is 6.04 Å². The van der Waals surface area contributed by atoms with Gasteiger partial charge in [-0.15, -0.1) is 0 Å². The summed E-state index contributed by atoms with van der Waals surface area (Å²) in [6.45, 7) is 3.92. The van der Waals surface area contributed by atoms with Crippen LogP contribution in [0.3, 0.4) is 0 Å². The van der Waals surface area contributed by atoms with Crippen LogP contribution in [-0.4, -0.2) is 27.3 Å². The number of fused-ring (bicyclic) bond motifs is 1. The number of carbonyl (C=O) groups is 1. The molecular formula is C21H20N4O3. The minimum atomic E-state index is -0.461. The summed E-state index contributed by atoms with van der Waals surface area (Å²) in [5.74, 6) is 1.60. The predicted molar refractivity (Wildman–Crippen MR) is 104 cm³/mol. The van der Waals surface area contributed by atoms with Crippen LogP contribution in [0.1, 0.15) is 25.5 Å². The predicted octanol–water partition coefficient (Wildman–Crippen LogP) is 3.92. The molecule has 1 unspecified atom stereocenters. The number of para-hydroxylation sites is 1. The highest BCUT2D eigenvalue weighted by Crippen LogP contribution is 2.36. The summed E-state index contributed by atoms with van der Waals surface area (Å²) in [4.78, 5) is 16.9. The topological polar surface area (TPSA) is 78.3 Å². The first-order chi connectivity index (χ1) is 13.7. The first-order valence-corrected chi connectivity index (χ1v) is 9.04. The summed E-state index contributed by atoms with van der Waals surface area (Å²) in [6, 6.07) is 16.7. The lowest BCUT2D eigenvalue weighted by atomic mass is 9.95. The van der Waals surface area contributed by atoms with Gasteiger partial charge in [0.2, 0.25) is 5.95 Å². The van der Waals surface area contributed by atoms with Gasteiger partial charge in [0.05, 0.1) is 12.2 Å². The van der Waals surface area contributed by atoms with E-state index in [-0.39, 0.29) is 5.97 Å². The van der Waals surface area contributed by atoms with Crippen LogP contribution in [0.4, 0.5) is 5.95 Å². The van der Waals surface area contributed by atoms with Crippen molar-refractivity contribution >= 4 is 11.9 Å². The summed E-state index contributed by atoms with van der Waals surface area (Å²) in [6.07, 6.45) is 1.46. The molecule has 0 spiro atoms. The van der Waals surface area contributed by atoms with E-state index in [1.165, 1.54) is 6.33 Å². The monoisotopic (exact) mass is 376 g/mol. The maximum Gasteiger partial charge on any atom is 0.338 e. The molecule has 1 aromatic heterocycles. The molecule has 3 aromatic rings. The number of benzene rings is 2. The molecule has 142 valence electrons. The summed E-state index contributed by atoms with van der Waals surface area (Å²) in [5, 5.41) is 7.44. The third-order valence-electron chi connectivity index (χ3n) is 4.44. The van der Waals surface area contributed by atoms with Crippen LogP contribution in [-0.2, 0) is 9.53 Å². The fourth-order valence-electron chi connectivity index (χ4n) is 3.25. The zero-order chi connectivity index (χ0) is 19.5. The standard InChI is InChI=1S/C21H20N4O3/c1-3-27-20(26)18-14(2)24-21-22-13-23-25(21)19(18)15-8-7-11-17(12-15)28-16-9-5-4-6-10-16/h4-13,19H,3H2,1-2H3,(H,22,23,24). The van der Waals surface area contributed by atoms with E-state index in [0.29, 0.717) is 29.6 Å². The van der Waals surface area contributed by atoms with Crippen LogP contribution in [0.2, 0.25) is 0 Å². The lowest BCUT2D eigenvalue weighted by Gasteiger charge is -2.28. The van der Waals surface area contributed by atoms with Crippen molar-refractivity contribution in [3.8, 4) is 11.5 Å². The van der Waals surface area contributed by atoms with Crippen LogP contribution in [0, 0.1) is 0 Å². The number of nitrogens with zero attached hydrogens (tertiary/aromatic N) is 3. The zero-order valence-corrected chi connectivity index (χ0v) is 15.6. The molecule has 2 heterocycles. The maximum absolute atomic E-state index is 12.7. The van der Waals surface area contributed by atoms with E-state index in [9.17, 15) is 4.79 Å². The molecule has 28 heavy (non-hydrogen) atoms. The van der Waals surface area contributed by atoms with Crippen LogP contribution < -0.4 is 10.1 Å². The molecule has 1 aliphatic rings. The van der Waals surface area contributed by atoms with E-state index in [1.807, 2.05) is 61.5 Å². The molecule has 1 N–H and O–H groups in total. The van der Waals surface area contributed by atoms with Gasteiger partial charge in [0.1, 0.15) is 23.9 Å². The largest absolute Gasteiger partial charge is 0.463 e. The van der Waals surface area contributed by atoms with E-state index in [2.05, 4.69) is 15.4 Å². The number of allylic oxidation sites excluding steroid dienone is 1. The van der Waals surface area contributed by atoms with Gasteiger partial charge < -0.3 is 14.8 Å². The summed E-state index contributed by atoms with van der Waals surface area (Å²) in [7, 11) is 0. The number of anilines is 1. The third kappa shape index (κ3) is 3.34. The van der Waals surface area contributed by atoms with Gasteiger partial charge in [-0.3, -0.25) is 0 Å². The maximum atomic E-state index is 12.7. The van der Waals surface area contributed by atoms with E-state index in [4.69, 9.17) is 9.47 Å². The lowest BCUT2D eigenvalue weighted by Crippen LogP contribution is -2.29. The van der Waals surface area contributed by atoms with Crippen LogP contribution in [0.15, 0.2) is 72.2 Å². The lowest BCUT2D eigenvalue weighted by molar-refractivity contribution is -0.139. The Kier molecular flexibility index (Phi) is 4.80. The Balaban J connectivity index is 1.75. The Morgan fingerprint density at radius 2 is 1.93 bits per heavy atom. The Labute approximate surface area is 162 Å². The van der Waals surface area contributed by atoms with Crippen molar-refractivity contribution in [1.29, 1.82) is 0 Å². The molecule has 4 rings (SSSR count). The molecule has 0 aliphatic carbocycles. The Hall–Kier alpha value is -3.61. The van der Waals surface area contributed by atoms with Crippen molar-refractivity contribution in [1.82, 2.24) is 14.8 Å². The van der Waals surface area contributed by atoms with Crippen molar-refractivity contribution in [2.24, 2.45) is 0 Å². The van der Waals surface area contributed by atoms with Crippen molar-refractivity contribution in [3.05, 3.63) is 77.8 Å². The number of nitrogens with one attached hydrogen (secondary N) is 1. The molecule has 0 bridgehead atoms. The number of rotatable bonds is 5. The average Bonchev–Trinajstić information content (AvgIpc) is 3.16. The van der Waals surface area contributed by atoms with Crippen LogP contribution in [0.5, 0.6) is 11.5 Å². The number of aromatic nitrogens is 3. The highest BCUT2D eigenvalue weighted by Gasteiger charge is 2.34. The third-order valence-corrected chi connectivity index (χ3v) is 4.44. The smallest absolute Gasteiger partial charge is 0.338 e. The van der Waals surface area contributed by atoms with Crippen LogP contribution in [0.25, 0.3) is 0 Å². The molecule has 1 atom stereocenters. The molecule has 7 heteroatoms. The highest BCUT2D eigenvalue weighted by atomic mass is 16.5. The highest BCUT2D eigenvalue weighted by molar-refractivity contribution is 5.92. The van der Waals surface area contributed by atoms with E-state index >= 15 is 0 Å². The second-order valence-corrected chi connectivity index (χ2v) is 6.30. The van der Waals surface area contributed by atoms with Gasteiger partial charge in [0.25, 0.3) is 0 Å². The minimum absolute atomic E-state index is 0.295. The molecule has 0 radical (unpaired) electrons. The van der Waals surface area contributed by atoms with Gasteiger partial charge >= 0.3 is 5.97 Å². The quantitative estimate of drug-likeness (QED) is 0.680. The van der Waals surface area contributed by atoms with E-state index in [1.54, 1.807) is 11.6 Å². The molecule has 1 aliphatic heterocycles. The van der Waals surface area contributed by atoms with Crippen molar-refractivity contribution < 1.29 is 14.3 Å². The summed E-state index contributed by atoms with van der Waals surface area (Å²) < 4.78 is 12.9. The Morgan fingerprint density at radius 1 is 1.14 bits per heavy atom. The molecule has 0 amide bonds. The SMILES string of the molecule is CCOC(=O)C1=C(C)Nc2ncnn2C1c1cccc(Oc2ccccc2)c1. The van der Waals surface area contributed by atoms with Gasteiger partial charge in [0.15, 0.2) is 0 Å². The number of esters is 1.